The third-order valence-corrected chi connectivity index (χ3v) is 22.3. The number of rotatable bonds is 82. The molecule has 0 unspecified atom stereocenters. The average Bonchev–Trinajstić information content (AvgIpc) is 0.815. The Bertz CT molecular complexity index is 2550. The van der Waals surface area contributed by atoms with E-state index in [-0.39, 0.29) is 25.2 Å². The van der Waals surface area contributed by atoms with Gasteiger partial charge in [-0.3, -0.25) is 9.59 Å². The van der Waals surface area contributed by atoms with Crippen LogP contribution in [0.15, 0.2) is 36.4 Å². The van der Waals surface area contributed by atoms with Gasteiger partial charge in [-0.05, 0) is 74.9 Å². The Morgan fingerprint density at radius 1 is 0.205 bits per heavy atom. The van der Waals surface area contributed by atoms with E-state index in [0.717, 1.165) is 145 Å². The predicted octanol–water partition coefficient (Wildman–Crippen LogP) is 32.7. The fourth-order valence-electron chi connectivity index (χ4n) is 14.9. The van der Waals surface area contributed by atoms with Crippen molar-refractivity contribution in [2.24, 2.45) is 0 Å². The van der Waals surface area contributed by atoms with Crippen LogP contribution in [0.5, 0.6) is 34.5 Å². The van der Waals surface area contributed by atoms with Gasteiger partial charge in [0.05, 0.1) is 39.6 Å². The zero-order valence-corrected chi connectivity index (χ0v) is 74.4. The molecule has 642 valence electrons. The van der Waals surface area contributed by atoms with E-state index >= 15 is 0 Å². The summed E-state index contributed by atoms with van der Waals surface area (Å²) in [7, 11) is 0. The van der Waals surface area contributed by atoms with E-state index in [1.165, 1.54) is 308 Å². The third-order valence-electron chi connectivity index (χ3n) is 22.3. The van der Waals surface area contributed by atoms with Crippen LogP contribution in [0.4, 0.5) is 0 Å². The van der Waals surface area contributed by atoms with Gasteiger partial charge in [-0.1, -0.05) is 426 Å². The maximum Gasteiger partial charge on any atom is 0.305 e. The maximum absolute atomic E-state index is 12.9. The number of carbonyl (C=O) groups is 2. The van der Waals surface area contributed by atoms with E-state index < -0.39 is 0 Å². The first-order valence-electron chi connectivity index (χ1n) is 48.2. The van der Waals surface area contributed by atoms with Gasteiger partial charge in [0.15, 0.2) is 0 Å². The first-order valence-corrected chi connectivity index (χ1v) is 48.2. The Kier molecular flexibility index (Phi) is 67.4. The van der Waals surface area contributed by atoms with Crippen LogP contribution in [-0.4, -0.2) is 51.6 Å². The van der Waals surface area contributed by atoms with Crippen molar-refractivity contribution in [2.45, 2.75) is 467 Å². The van der Waals surface area contributed by atoms with Crippen molar-refractivity contribution in [2.75, 3.05) is 39.6 Å². The van der Waals surface area contributed by atoms with Crippen molar-refractivity contribution in [3.63, 3.8) is 0 Å². The standard InChI is InChI=1S/C102H174O10/c1-9-17-23-29-35-41-47-53-59-65-75-105-95-81-90(72-74-92-84-100(110-80-70-64-58-52-46-40-34-28-22-14-6)94(88-112-102(104)16-8)86-98(92)108-78-68-62-56-50-44-38-32-26-20-12-4)96(106-76-66-60-54-48-42-36-30-24-18-10-2)82-89(95)71-73-91-83-99(109-79-69-63-57-51-45-39-33-27-21-13-5)93(87-111-101(103)15-7)85-97(91)107-77-67-61-55-49-43-37-31-25-19-11-3/h71-74,81-86H,9-70,75-80,87-88H2,1-8H3/b73-71+,74-72+. The zero-order chi connectivity index (χ0) is 80.3. The monoisotopic (exact) mass is 1560 g/mol. The van der Waals surface area contributed by atoms with Gasteiger partial charge < -0.3 is 37.9 Å². The number of hydrogen-bond acceptors (Lipinski definition) is 10. The van der Waals surface area contributed by atoms with E-state index in [2.05, 4.69) is 102 Å². The first kappa shape index (κ1) is 101. The summed E-state index contributed by atoms with van der Waals surface area (Å²) in [5, 5.41) is 0. The van der Waals surface area contributed by atoms with Gasteiger partial charge in [-0.2, -0.15) is 0 Å². The minimum Gasteiger partial charge on any atom is -0.493 e. The lowest BCUT2D eigenvalue weighted by atomic mass is 10.0. The largest absolute Gasteiger partial charge is 0.493 e. The summed E-state index contributed by atoms with van der Waals surface area (Å²) < 4.78 is 53.2. The first-order chi connectivity index (χ1) is 55.2. The lowest BCUT2D eigenvalue weighted by molar-refractivity contribution is -0.145. The molecule has 0 aliphatic carbocycles. The Hall–Kier alpha value is -5.12. The van der Waals surface area contributed by atoms with Gasteiger partial charge in [0.1, 0.15) is 47.7 Å². The summed E-state index contributed by atoms with van der Waals surface area (Å²) in [6.45, 7) is 21.2. The highest BCUT2D eigenvalue weighted by Gasteiger charge is 2.19. The van der Waals surface area contributed by atoms with Crippen LogP contribution in [0.2, 0.25) is 0 Å². The van der Waals surface area contributed by atoms with Gasteiger partial charge in [-0.15, -0.1) is 0 Å². The summed E-state index contributed by atoms with van der Waals surface area (Å²) in [6, 6.07) is 12.8. The zero-order valence-electron chi connectivity index (χ0n) is 74.4. The van der Waals surface area contributed by atoms with Crippen molar-refractivity contribution in [1.82, 2.24) is 0 Å². The Morgan fingerprint density at radius 3 is 0.536 bits per heavy atom. The molecule has 0 fully saturated rings. The van der Waals surface area contributed by atoms with Crippen molar-refractivity contribution in [1.29, 1.82) is 0 Å². The van der Waals surface area contributed by atoms with Crippen LogP contribution < -0.4 is 28.4 Å². The molecule has 0 saturated heterocycles. The van der Waals surface area contributed by atoms with Crippen molar-refractivity contribution >= 4 is 36.2 Å². The van der Waals surface area contributed by atoms with Crippen LogP contribution in [-0.2, 0) is 32.3 Å². The Balaban J connectivity index is 2.27. The number of ether oxygens (including phenoxy) is 8. The van der Waals surface area contributed by atoms with Gasteiger partial charge in [0.2, 0.25) is 0 Å². The van der Waals surface area contributed by atoms with Gasteiger partial charge in [0.25, 0.3) is 0 Å². The molecule has 0 aliphatic rings. The van der Waals surface area contributed by atoms with Crippen LogP contribution in [0.1, 0.15) is 487 Å². The average molecular weight is 1560 g/mol. The lowest BCUT2D eigenvalue weighted by Crippen LogP contribution is -2.07. The Labute approximate surface area is 690 Å². The van der Waals surface area contributed by atoms with E-state index in [4.69, 9.17) is 37.9 Å². The predicted molar refractivity (Wildman–Crippen MR) is 481 cm³/mol. The lowest BCUT2D eigenvalue weighted by Gasteiger charge is -2.18. The van der Waals surface area contributed by atoms with Crippen LogP contribution in [0.25, 0.3) is 24.3 Å². The second kappa shape index (κ2) is 74.7. The molecule has 0 bridgehead atoms. The molecule has 0 heterocycles. The number of unbranched alkanes of at least 4 members (excludes halogenated alkanes) is 54. The second-order valence-electron chi connectivity index (χ2n) is 32.8. The molecule has 0 N–H and O–H groups in total. The molecular weight excluding hydrogens is 1390 g/mol. The third kappa shape index (κ3) is 53.9. The summed E-state index contributed by atoms with van der Waals surface area (Å²) in [5.41, 5.74) is 5.28. The number of hydrogen-bond donors (Lipinski definition) is 0. The molecule has 0 saturated carbocycles. The summed E-state index contributed by atoms with van der Waals surface area (Å²) >= 11 is 0. The van der Waals surface area contributed by atoms with Crippen LogP contribution >= 0.6 is 0 Å². The smallest absolute Gasteiger partial charge is 0.305 e. The minimum absolute atomic E-state index is 0.115. The molecule has 10 heteroatoms. The van der Waals surface area contributed by atoms with Gasteiger partial charge in [-0.25, -0.2) is 0 Å². The van der Waals surface area contributed by atoms with Crippen molar-refractivity contribution < 1.29 is 47.5 Å². The molecule has 3 rings (SSSR count). The fraction of sp³-hybridized carbons (Fsp3) is 0.765. The van der Waals surface area contributed by atoms with E-state index in [1.807, 2.05) is 13.8 Å². The number of carbonyl (C=O) groups excluding carboxylic acids is 2. The molecule has 0 spiro atoms. The molecule has 0 radical (unpaired) electrons. The minimum atomic E-state index is -0.237. The molecule has 3 aromatic carbocycles. The fourth-order valence-corrected chi connectivity index (χ4v) is 14.9. The molecule has 0 aromatic heterocycles. The molecule has 0 amide bonds. The molecule has 0 aliphatic heterocycles. The van der Waals surface area contributed by atoms with E-state index in [0.29, 0.717) is 52.5 Å². The summed E-state index contributed by atoms with van der Waals surface area (Å²) in [5.74, 6) is 4.04. The molecular formula is C102H174O10. The topological polar surface area (TPSA) is 108 Å². The van der Waals surface area contributed by atoms with E-state index in [9.17, 15) is 9.59 Å². The summed E-state index contributed by atoms with van der Waals surface area (Å²) in [4.78, 5) is 25.7. The quantitative estimate of drug-likeness (QED) is 0.0308. The number of benzene rings is 3. The maximum atomic E-state index is 12.9. The highest BCUT2D eigenvalue weighted by molar-refractivity contribution is 5.81. The highest BCUT2D eigenvalue weighted by Crippen LogP contribution is 2.38. The van der Waals surface area contributed by atoms with Gasteiger partial charge in [0, 0.05) is 46.2 Å². The Morgan fingerprint density at radius 2 is 0.357 bits per heavy atom. The van der Waals surface area contributed by atoms with E-state index in [1.54, 1.807) is 0 Å². The highest BCUT2D eigenvalue weighted by atomic mass is 16.5. The molecule has 0 atom stereocenters. The molecule has 10 nitrogen and oxygen atoms in total. The SMILES string of the molecule is CCCCCCCCCCCCOc1cc(/C=C/c2cc(OCCCCCCCCCCCC)c(COC(=O)CC)cc2OCCCCCCCCCCCC)c(OCCCCCCCCCCCC)cc1/C=C/c1cc(OCCCCCCCCCCCC)c(COC(=O)CC)cc1OCCCCCCCCCCCC. The molecule has 3 aromatic rings. The number of esters is 2. The van der Waals surface area contributed by atoms with Crippen LogP contribution in [0.3, 0.4) is 0 Å². The molecule has 112 heavy (non-hydrogen) atoms. The van der Waals surface area contributed by atoms with Crippen molar-refractivity contribution in [3.8, 4) is 34.5 Å². The summed E-state index contributed by atoms with van der Waals surface area (Å²) in [6.07, 6.45) is 84.1. The van der Waals surface area contributed by atoms with Crippen LogP contribution in [0, 0.1) is 0 Å². The van der Waals surface area contributed by atoms with Gasteiger partial charge >= 0.3 is 11.9 Å². The second-order valence-corrected chi connectivity index (χ2v) is 32.8. The van der Waals surface area contributed by atoms with Crippen molar-refractivity contribution in [3.05, 3.63) is 69.8 Å². The normalized spacial score (nSPS) is 11.6.